The number of carbonyl (C=O) groups is 3. The Hall–Kier alpha value is -2.96. The van der Waals surface area contributed by atoms with E-state index in [2.05, 4.69) is 4.98 Å². The first kappa shape index (κ1) is 13.0. The lowest BCUT2D eigenvalue weighted by molar-refractivity contribution is -0.143. The summed E-state index contributed by atoms with van der Waals surface area (Å²) in [6.45, 7) is -0.166. The minimum absolute atomic E-state index is 0.166. The fourth-order valence-electron chi connectivity index (χ4n) is 2.01. The van der Waals surface area contributed by atoms with Gasteiger partial charge in [0.05, 0.1) is 6.20 Å². The van der Waals surface area contributed by atoms with Crippen molar-refractivity contribution in [1.82, 2.24) is 14.8 Å². The lowest BCUT2D eigenvalue weighted by atomic mass is 10.2. The SMILES string of the molecule is CN1C(=O)C(=O)N(Cc2ncc(-c3ccccc3)o2)C1=O. The quantitative estimate of drug-likeness (QED) is 0.626. The molecule has 0 bridgehead atoms. The van der Waals surface area contributed by atoms with Gasteiger partial charge in [0.1, 0.15) is 6.54 Å². The van der Waals surface area contributed by atoms with Gasteiger partial charge >= 0.3 is 17.8 Å². The van der Waals surface area contributed by atoms with E-state index < -0.39 is 17.8 Å². The van der Waals surface area contributed by atoms with Crippen LogP contribution in [0.3, 0.4) is 0 Å². The Balaban J connectivity index is 1.81. The Morgan fingerprint density at radius 1 is 1.10 bits per heavy atom. The van der Waals surface area contributed by atoms with Crippen molar-refractivity contribution in [3.63, 3.8) is 0 Å². The van der Waals surface area contributed by atoms with Gasteiger partial charge in [-0.05, 0) is 0 Å². The summed E-state index contributed by atoms with van der Waals surface area (Å²) in [4.78, 5) is 40.4. The minimum Gasteiger partial charge on any atom is -0.439 e. The first-order valence-electron chi connectivity index (χ1n) is 6.21. The van der Waals surface area contributed by atoms with Crippen LogP contribution in [0.25, 0.3) is 11.3 Å². The molecular formula is C14H11N3O4. The van der Waals surface area contributed by atoms with E-state index in [1.165, 1.54) is 13.2 Å². The largest absolute Gasteiger partial charge is 0.439 e. The number of benzene rings is 1. The van der Waals surface area contributed by atoms with Crippen LogP contribution in [-0.4, -0.2) is 39.7 Å². The van der Waals surface area contributed by atoms with Gasteiger partial charge in [-0.15, -0.1) is 0 Å². The van der Waals surface area contributed by atoms with E-state index in [0.29, 0.717) is 5.76 Å². The zero-order valence-corrected chi connectivity index (χ0v) is 11.1. The van der Waals surface area contributed by atoms with E-state index in [4.69, 9.17) is 4.42 Å². The summed E-state index contributed by atoms with van der Waals surface area (Å²) >= 11 is 0. The van der Waals surface area contributed by atoms with E-state index in [1.807, 2.05) is 30.3 Å². The van der Waals surface area contributed by atoms with Crippen LogP contribution in [0.5, 0.6) is 0 Å². The Morgan fingerprint density at radius 2 is 1.81 bits per heavy atom. The summed E-state index contributed by atoms with van der Waals surface area (Å²) in [7, 11) is 1.26. The maximum absolute atomic E-state index is 11.7. The van der Waals surface area contributed by atoms with Crippen molar-refractivity contribution >= 4 is 17.8 Å². The van der Waals surface area contributed by atoms with E-state index >= 15 is 0 Å². The topological polar surface area (TPSA) is 83.7 Å². The van der Waals surface area contributed by atoms with Crippen LogP contribution in [0.15, 0.2) is 40.9 Å². The molecule has 1 fully saturated rings. The van der Waals surface area contributed by atoms with Crippen LogP contribution < -0.4 is 0 Å². The van der Waals surface area contributed by atoms with Crippen molar-refractivity contribution in [2.75, 3.05) is 7.05 Å². The molecule has 1 aliphatic heterocycles. The van der Waals surface area contributed by atoms with Gasteiger partial charge in [-0.25, -0.2) is 14.7 Å². The number of carbonyl (C=O) groups excluding carboxylic acids is 3. The summed E-state index contributed by atoms with van der Waals surface area (Å²) in [5.74, 6) is -1.00. The summed E-state index contributed by atoms with van der Waals surface area (Å²) in [6, 6.07) is 8.63. The molecule has 2 aromatic rings. The summed E-state index contributed by atoms with van der Waals surface area (Å²) < 4.78 is 5.51. The van der Waals surface area contributed by atoms with Gasteiger partial charge in [0.25, 0.3) is 0 Å². The smallest absolute Gasteiger partial charge is 0.334 e. The predicted octanol–water partition coefficient (Wildman–Crippen LogP) is 1.26. The van der Waals surface area contributed by atoms with Crippen LogP contribution >= 0.6 is 0 Å². The fourth-order valence-corrected chi connectivity index (χ4v) is 2.01. The molecule has 1 aromatic carbocycles. The number of amides is 4. The summed E-state index contributed by atoms with van der Waals surface area (Å²) in [5, 5.41) is 0. The standard InChI is InChI=1S/C14H11N3O4/c1-16-12(18)13(19)17(14(16)20)8-11-15-7-10(21-11)9-5-3-2-4-6-9/h2-7H,8H2,1H3. The van der Waals surface area contributed by atoms with Gasteiger partial charge in [-0.2, -0.15) is 0 Å². The summed E-state index contributed by atoms with van der Waals surface area (Å²) in [6.07, 6.45) is 1.52. The van der Waals surface area contributed by atoms with Gasteiger partial charge in [-0.3, -0.25) is 14.5 Å². The second-order valence-electron chi connectivity index (χ2n) is 4.52. The van der Waals surface area contributed by atoms with Crippen molar-refractivity contribution in [2.24, 2.45) is 0 Å². The van der Waals surface area contributed by atoms with Gasteiger partial charge < -0.3 is 4.42 Å². The lowest BCUT2D eigenvalue weighted by Gasteiger charge is -2.09. The molecule has 1 aromatic heterocycles. The average molecular weight is 285 g/mol. The molecule has 7 heteroatoms. The third-order valence-corrected chi connectivity index (χ3v) is 3.16. The molecule has 2 heterocycles. The minimum atomic E-state index is -0.873. The summed E-state index contributed by atoms with van der Waals surface area (Å²) in [5.41, 5.74) is 0.837. The highest BCUT2D eigenvalue weighted by Crippen LogP contribution is 2.21. The molecule has 0 unspecified atom stereocenters. The molecule has 1 aliphatic rings. The molecule has 0 saturated carbocycles. The zero-order valence-electron chi connectivity index (χ0n) is 11.1. The monoisotopic (exact) mass is 285 g/mol. The van der Waals surface area contributed by atoms with Crippen LogP contribution in [0.4, 0.5) is 4.79 Å². The number of likely N-dealkylation sites (N-methyl/N-ethyl adjacent to an activating group) is 1. The van der Waals surface area contributed by atoms with E-state index in [9.17, 15) is 14.4 Å². The molecule has 0 spiro atoms. The number of nitrogens with zero attached hydrogens (tertiary/aromatic N) is 3. The number of rotatable bonds is 3. The zero-order chi connectivity index (χ0) is 15.0. The van der Waals surface area contributed by atoms with E-state index in [1.54, 1.807) is 0 Å². The normalized spacial score (nSPS) is 15.2. The van der Waals surface area contributed by atoms with Crippen LogP contribution in [0, 0.1) is 0 Å². The average Bonchev–Trinajstić information content (AvgIpc) is 3.05. The second kappa shape index (κ2) is 4.86. The Kier molecular flexibility index (Phi) is 3.02. The maximum Gasteiger partial charge on any atom is 0.334 e. The first-order chi connectivity index (χ1) is 10.1. The number of urea groups is 1. The number of hydrogen-bond donors (Lipinski definition) is 0. The van der Waals surface area contributed by atoms with Crippen molar-refractivity contribution in [1.29, 1.82) is 0 Å². The van der Waals surface area contributed by atoms with Crippen LogP contribution in [0.2, 0.25) is 0 Å². The Labute approximate surface area is 119 Å². The van der Waals surface area contributed by atoms with Gasteiger partial charge in [0, 0.05) is 12.6 Å². The molecule has 0 N–H and O–H groups in total. The predicted molar refractivity (Wildman–Crippen MR) is 70.7 cm³/mol. The van der Waals surface area contributed by atoms with E-state index in [-0.39, 0.29) is 12.4 Å². The van der Waals surface area contributed by atoms with Crippen molar-refractivity contribution in [3.8, 4) is 11.3 Å². The highest BCUT2D eigenvalue weighted by Gasteiger charge is 2.42. The number of imide groups is 2. The first-order valence-corrected chi connectivity index (χ1v) is 6.21. The third kappa shape index (κ3) is 2.18. The number of oxazole rings is 1. The molecule has 0 atom stereocenters. The van der Waals surface area contributed by atoms with Crippen LogP contribution in [-0.2, 0) is 16.1 Å². The van der Waals surface area contributed by atoms with Crippen molar-refractivity contribution in [3.05, 3.63) is 42.4 Å². The third-order valence-electron chi connectivity index (χ3n) is 3.16. The number of hydrogen-bond acceptors (Lipinski definition) is 5. The van der Waals surface area contributed by atoms with E-state index in [0.717, 1.165) is 15.4 Å². The van der Waals surface area contributed by atoms with Crippen molar-refractivity contribution in [2.45, 2.75) is 6.54 Å². The molecule has 106 valence electrons. The molecular weight excluding hydrogens is 274 g/mol. The highest BCUT2D eigenvalue weighted by atomic mass is 16.4. The van der Waals surface area contributed by atoms with Gasteiger partial charge in [0.15, 0.2) is 5.76 Å². The molecule has 0 radical (unpaired) electrons. The molecule has 7 nitrogen and oxygen atoms in total. The maximum atomic E-state index is 11.7. The molecule has 0 aliphatic carbocycles. The van der Waals surface area contributed by atoms with Crippen LogP contribution in [0.1, 0.15) is 5.89 Å². The molecule has 21 heavy (non-hydrogen) atoms. The highest BCUT2D eigenvalue weighted by molar-refractivity contribution is 6.44. The van der Waals surface area contributed by atoms with Gasteiger partial charge in [-0.1, -0.05) is 30.3 Å². The Bertz CT molecular complexity index is 723. The van der Waals surface area contributed by atoms with Crippen molar-refractivity contribution < 1.29 is 18.8 Å². The lowest BCUT2D eigenvalue weighted by Crippen LogP contribution is -2.31. The van der Waals surface area contributed by atoms with Gasteiger partial charge in [0.2, 0.25) is 5.89 Å². The second-order valence-corrected chi connectivity index (χ2v) is 4.52. The number of aromatic nitrogens is 1. The molecule has 4 amide bonds. The molecule has 3 rings (SSSR count). The molecule has 1 saturated heterocycles. The fraction of sp³-hybridized carbons (Fsp3) is 0.143. The Morgan fingerprint density at radius 3 is 2.43 bits per heavy atom.